The first-order valence-electron chi connectivity index (χ1n) is 8.78. The molecule has 150 valence electrons. The highest BCUT2D eigenvalue weighted by Crippen LogP contribution is 2.40. The molecule has 1 aromatic carbocycles. The summed E-state index contributed by atoms with van der Waals surface area (Å²) in [4.78, 5) is 2.28. The topological polar surface area (TPSA) is 15.3 Å². The monoisotopic (exact) mass is 416 g/mol. The number of hydrogen-bond donors (Lipinski definition) is 1. The van der Waals surface area contributed by atoms with Gasteiger partial charge in [-0.15, -0.1) is 24.8 Å². The fourth-order valence-electron chi connectivity index (χ4n) is 4.14. The average molecular weight is 417 g/mol. The number of halogens is 6. The molecule has 3 rings (SSSR count). The van der Waals surface area contributed by atoms with Gasteiger partial charge in [-0.05, 0) is 36.5 Å². The molecule has 1 saturated heterocycles. The molecule has 8 heteroatoms. The minimum absolute atomic E-state index is 0. The van der Waals surface area contributed by atoms with Gasteiger partial charge in [-0.2, -0.15) is 13.2 Å². The van der Waals surface area contributed by atoms with Crippen molar-refractivity contribution in [3.05, 3.63) is 35.1 Å². The highest BCUT2D eigenvalue weighted by atomic mass is 35.5. The van der Waals surface area contributed by atoms with Crippen LogP contribution in [0.5, 0.6) is 0 Å². The Kier molecular flexibility index (Phi) is 9.13. The van der Waals surface area contributed by atoms with Crippen LogP contribution >= 0.6 is 24.8 Å². The molecule has 1 aliphatic carbocycles. The summed E-state index contributed by atoms with van der Waals surface area (Å²) in [5.74, 6) is -0.836. The molecular formula is C18H26Cl2F4N2. The Labute approximate surface area is 164 Å². The van der Waals surface area contributed by atoms with Crippen LogP contribution in [0, 0.1) is 11.7 Å². The Morgan fingerprint density at radius 2 is 1.62 bits per heavy atom. The molecule has 0 amide bonds. The van der Waals surface area contributed by atoms with E-state index >= 15 is 0 Å². The van der Waals surface area contributed by atoms with E-state index in [0.717, 1.165) is 64.0 Å². The average Bonchev–Trinajstić information content (AvgIpc) is 2.57. The van der Waals surface area contributed by atoms with Crippen molar-refractivity contribution >= 4 is 24.8 Å². The molecule has 26 heavy (non-hydrogen) atoms. The van der Waals surface area contributed by atoms with Gasteiger partial charge < -0.3 is 5.32 Å². The Balaban J connectivity index is 0.00000169. The van der Waals surface area contributed by atoms with Crippen LogP contribution in [0.3, 0.4) is 0 Å². The first-order chi connectivity index (χ1) is 11.5. The van der Waals surface area contributed by atoms with Crippen molar-refractivity contribution in [2.75, 3.05) is 26.2 Å². The Hall–Kier alpha value is -0.560. The predicted octanol–water partition coefficient (Wildman–Crippen LogP) is 5.21. The van der Waals surface area contributed by atoms with Gasteiger partial charge >= 0.3 is 6.18 Å². The summed E-state index contributed by atoms with van der Waals surface area (Å²) in [6, 6.07) is 3.52. The number of nitrogens with zero attached hydrogens (tertiary/aromatic N) is 1. The molecule has 1 saturated carbocycles. The molecule has 1 atom stereocenters. The second-order valence-corrected chi connectivity index (χ2v) is 6.87. The molecule has 0 unspecified atom stereocenters. The summed E-state index contributed by atoms with van der Waals surface area (Å²) < 4.78 is 53.0. The van der Waals surface area contributed by atoms with Gasteiger partial charge in [0.05, 0.1) is 5.56 Å². The standard InChI is InChI=1S/C18H24F4N2.2ClH/c19-16-7-6-14(12-15(16)18(20,21)22)17(13-4-2-1-3-5-13)24-10-8-23-9-11-24;;/h6-7,12-13,17,23H,1-5,8-11H2;2*1H/t17-;;/m0../s1. The van der Waals surface area contributed by atoms with Gasteiger partial charge in [-0.3, -0.25) is 4.90 Å². The van der Waals surface area contributed by atoms with Gasteiger partial charge in [0.25, 0.3) is 0 Å². The van der Waals surface area contributed by atoms with E-state index in [1.54, 1.807) is 6.07 Å². The van der Waals surface area contributed by atoms with Crippen molar-refractivity contribution in [2.45, 2.75) is 44.3 Å². The zero-order valence-corrected chi connectivity index (χ0v) is 16.2. The van der Waals surface area contributed by atoms with Gasteiger partial charge in [0.15, 0.2) is 0 Å². The van der Waals surface area contributed by atoms with Crippen LogP contribution in [0.25, 0.3) is 0 Å². The molecule has 0 radical (unpaired) electrons. The SMILES string of the molecule is Cl.Cl.Fc1ccc([C@H](C2CCCCC2)N2CCNCC2)cc1C(F)(F)F. The number of hydrogen-bond acceptors (Lipinski definition) is 2. The Bertz CT molecular complexity index is 539. The zero-order valence-electron chi connectivity index (χ0n) is 14.5. The smallest absolute Gasteiger partial charge is 0.314 e. The lowest BCUT2D eigenvalue weighted by Crippen LogP contribution is -2.47. The third-order valence-corrected chi connectivity index (χ3v) is 5.28. The van der Waals surface area contributed by atoms with Gasteiger partial charge in [0.2, 0.25) is 0 Å². The second-order valence-electron chi connectivity index (χ2n) is 6.87. The highest BCUT2D eigenvalue weighted by molar-refractivity contribution is 5.85. The Morgan fingerprint density at radius 1 is 1.00 bits per heavy atom. The van der Waals surface area contributed by atoms with Gasteiger partial charge in [0, 0.05) is 32.2 Å². The maximum atomic E-state index is 13.7. The van der Waals surface area contributed by atoms with Crippen LogP contribution in [-0.4, -0.2) is 31.1 Å². The minimum atomic E-state index is -4.65. The predicted molar refractivity (Wildman–Crippen MR) is 99.7 cm³/mol. The lowest BCUT2D eigenvalue weighted by molar-refractivity contribution is -0.140. The molecule has 1 heterocycles. The summed E-state index contributed by atoms with van der Waals surface area (Å²) in [5, 5.41) is 3.29. The lowest BCUT2D eigenvalue weighted by atomic mass is 9.80. The third kappa shape index (κ3) is 5.47. The molecule has 0 bridgehead atoms. The van der Waals surface area contributed by atoms with E-state index in [0.29, 0.717) is 11.5 Å². The summed E-state index contributed by atoms with van der Waals surface area (Å²) >= 11 is 0. The van der Waals surface area contributed by atoms with Crippen LogP contribution in [0.2, 0.25) is 0 Å². The molecule has 0 spiro atoms. The summed E-state index contributed by atoms with van der Waals surface area (Å²) in [7, 11) is 0. The van der Waals surface area contributed by atoms with Crippen molar-refractivity contribution < 1.29 is 17.6 Å². The molecule has 1 aliphatic heterocycles. The van der Waals surface area contributed by atoms with Crippen LogP contribution < -0.4 is 5.32 Å². The highest BCUT2D eigenvalue weighted by Gasteiger charge is 2.37. The molecule has 1 N–H and O–H groups in total. The van der Waals surface area contributed by atoms with E-state index < -0.39 is 17.6 Å². The number of piperazine rings is 1. The van der Waals surface area contributed by atoms with Gasteiger partial charge in [0.1, 0.15) is 5.82 Å². The lowest BCUT2D eigenvalue weighted by Gasteiger charge is -2.41. The van der Waals surface area contributed by atoms with E-state index in [9.17, 15) is 17.6 Å². The number of nitrogens with one attached hydrogen (secondary N) is 1. The second kappa shape index (κ2) is 10.1. The first kappa shape index (κ1) is 23.5. The van der Waals surface area contributed by atoms with Crippen LogP contribution in [0.1, 0.15) is 49.3 Å². The van der Waals surface area contributed by atoms with Gasteiger partial charge in [-0.25, -0.2) is 4.39 Å². The first-order valence-corrected chi connectivity index (χ1v) is 8.78. The summed E-state index contributed by atoms with van der Waals surface area (Å²) in [6.45, 7) is 3.33. The van der Waals surface area contributed by atoms with E-state index in [-0.39, 0.29) is 30.9 Å². The van der Waals surface area contributed by atoms with E-state index in [4.69, 9.17) is 0 Å². The molecular weight excluding hydrogens is 391 g/mol. The maximum absolute atomic E-state index is 13.7. The number of benzene rings is 1. The van der Waals surface area contributed by atoms with Crippen molar-refractivity contribution in [3.8, 4) is 0 Å². The quantitative estimate of drug-likeness (QED) is 0.679. The van der Waals surface area contributed by atoms with Crippen molar-refractivity contribution in [1.29, 1.82) is 0 Å². The fourth-order valence-corrected chi connectivity index (χ4v) is 4.14. The minimum Gasteiger partial charge on any atom is -0.314 e. The number of rotatable bonds is 3. The normalized spacial score (nSPS) is 20.8. The third-order valence-electron chi connectivity index (χ3n) is 5.28. The molecule has 2 aliphatic rings. The molecule has 2 fully saturated rings. The van der Waals surface area contributed by atoms with Crippen LogP contribution in [-0.2, 0) is 6.18 Å². The summed E-state index contributed by atoms with van der Waals surface area (Å²) in [5.41, 5.74) is -0.534. The van der Waals surface area contributed by atoms with E-state index in [2.05, 4.69) is 10.2 Å². The molecule has 1 aromatic rings. The molecule has 2 nitrogen and oxygen atoms in total. The maximum Gasteiger partial charge on any atom is 0.419 e. The largest absolute Gasteiger partial charge is 0.419 e. The van der Waals surface area contributed by atoms with Gasteiger partial charge in [-0.1, -0.05) is 25.3 Å². The number of alkyl halides is 3. The van der Waals surface area contributed by atoms with Crippen LogP contribution in [0.15, 0.2) is 18.2 Å². The summed E-state index contributed by atoms with van der Waals surface area (Å²) in [6.07, 6.45) is 0.866. The van der Waals surface area contributed by atoms with Crippen LogP contribution in [0.4, 0.5) is 17.6 Å². The fraction of sp³-hybridized carbons (Fsp3) is 0.667. The Morgan fingerprint density at radius 3 is 2.19 bits per heavy atom. The van der Waals surface area contributed by atoms with Crippen molar-refractivity contribution in [3.63, 3.8) is 0 Å². The van der Waals surface area contributed by atoms with E-state index in [1.165, 1.54) is 6.42 Å². The molecule has 0 aromatic heterocycles. The van der Waals surface area contributed by atoms with Crippen molar-refractivity contribution in [1.82, 2.24) is 10.2 Å². The zero-order chi connectivity index (χ0) is 17.2. The van der Waals surface area contributed by atoms with Crippen molar-refractivity contribution in [2.24, 2.45) is 5.92 Å². The van der Waals surface area contributed by atoms with E-state index in [1.807, 2.05) is 0 Å².